The molecule has 0 aliphatic rings. The highest BCUT2D eigenvalue weighted by molar-refractivity contribution is 7.99. The zero-order valence-corrected chi connectivity index (χ0v) is 10.4. The van der Waals surface area contributed by atoms with Crippen molar-refractivity contribution in [1.82, 2.24) is 15.0 Å². The van der Waals surface area contributed by atoms with E-state index in [0.717, 1.165) is 15.4 Å². The van der Waals surface area contributed by atoms with Crippen molar-refractivity contribution in [2.45, 2.75) is 10.1 Å². The number of rotatable bonds is 3. The van der Waals surface area contributed by atoms with Crippen LogP contribution in [0.5, 0.6) is 0 Å². The summed E-state index contributed by atoms with van der Waals surface area (Å²) >= 11 is 1.43. The molecule has 1 N–H and O–H groups in total. The van der Waals surface area contributed by atoms with E-state index in [1.54, 1.807) is 30.7 Å². The molecule has 2 heterocycles. The third kappa shape index (κ3) is 2.15. The minimum absolute atomic E-state index is 0.0619. The van der Waals surface area contributed by atoms with E-state index in [1.165, 1.54) is 24.0 Å². The molecule has 19 heavy (non-hydrogen) atoms. The number of aromatic nitrogens is 3. The number of non-ortho nitro benzene ring substituents is 1. The van der Waals surface area contributed by atoms with Crippen molar-refractivity contribution in [1.29, 1.82) is 0 Å². The third-order valence-electron chi connectivity index (χ3n) is 2.63. The number of benzene rings is 1. The van der Waals surface area contributed by atoms with Crippen LogP contribution in [0.3, 0.4) is 0 Å². The SMILES string of the molecule is O=[N+]([O-])c1ccc(Sc2ncc[nH]2)c2ccncc12. The lowest BCUT2D eigenvalue weighted by atomic mass is 10.1. The van der Waals surface area contributed by atoms with Gasteiger partial charge in [0.25, 0.3) is 5.69 Å². The summed E-state index contributed by atoms with van der Waals surface area (Å²) in [6.45, 7) is 0. The van der Waals surface area contributed by atoms with Crippen LogP contribution in [0.4, 0.5) is 5.69 Å². The molecule has 0 unspecified atom stereocenters. The van der Waals surface area contributed by atoms with Crippen LogP contribution in [0.25, 0.3) is 10.8 Å². The van der Waals surface area contributed by atoms with Crippen molar-refractivity contribution in [2.24, 2.45) is 0 Å². The largest absolute Gasteiger partial charge is 0.339 e. The van der Waals surface area contributed by atoms with Gasteiger partial charge in [-0.1, -0.05) is 11.8 Å². The van der Waals surface area contributed by atoms with Crippen LogP contribution >= 0.6 is 11.8 Å². The van der Waals surface area contributed by atoms with Gasteiger partial charge in [-0.05, 0) is 12.1 Å². The summed E-state index contributed by atoms with van der Waals surface area (Å²) in [5.74, 6) is 0. The molecule has 3 rings (SSSR count). The van der Waals surface area contributed by atoms with E-state index < -0.39 is 4.92 Å². The summed E-state index contributed by atoms with van der Waals surface area (Å²) in [5, 5.41) is 13.1. The first kappa shape index (κ1) is 11.7. The number of H-pyrrole nitrogens is 1. The summed E-state index contributed by atoms with van der Waals surface area (Å²) in [5.41, 5.74) is 0.0619. The molecule has 2 aromatic heterocycles. The van der Waals surface area contributed by atoms with Crippen molar-refractivity contribution < 1.29 is 4.92 Å². The molecule has 0 bridgehead atoms. The maximum atomic E-state index is 11.0. The third-order valence-corrected chi connectivity index (χ3v) is 3.62. The molecule has 0 aliphatic heterocycles. The van der Waals surface area contributed by atoms with E-state index in [-0.39, 0.29) is 5.69 Å². The highest BCUT2D eigenvalue weighted by atomic mass is 32.2. The second-order valence-electron chi connectivity index (χ2n) is 3.76. The molecule has 0 saturated carbocycles. The molecule has 1 aromatic carbocycles. The van der Waals surface area contributed by atoms with Crippen LogP contribution in [-0.2, 0) is 0 Å². The Hall–Kier alpha value is -2.41. The Morgan fingerprint density at radius 2 is 2.11 bits per heavy atom. The van der Waals surface area contributed by atoms with Gasteiger partial charge < -0.3 is 4.98 Å². The van der Waals surface area contributed by atoms with Crippen molar-refractivity contribution in [3.05, 3.63) is 53.1 Å². The van der Waals surface area contributed by atoms with Gasteiger partial charge >= 0.3 is 0 Å². The number of imidazole rings is 1. The standard InChI is InChI=1S/C12H8N4O2S/c17-16(18)10-1-2-11(19-12-14-5-6-15-12)8-3-4-13-7-9(8)10/h1-7H,(H,14,15). The van der Waals surface area contributed by atoms with Crippen LogP contribution in [0.15, 0.2) is 53.0 Å². The Bertz CT molecular complexity index is 743. The van der Waals surface area contributed by atoms with Crippen LogP contribution in [0, 0.1) is 10.1 Å². The van der Waals surface area contributed by atoms with Crippen molar-refractivity contribution >= 4 is 28.2 Å². The second-order valence-corrected chi connectivity index (χ2v) is 4.79. The summed E-state index contributed by atoms with van der Waals surface area (Å²) in [6, 6.07) is 5.00. The maximum absolute atomic E-state index is 11.0. The zero-order valence-electron chi connectivity index (χ0n) is 9.61. The Labute approximate surface area is 112 Å². The summed E-state index contributed by atoms with van der Waals surface area (Å²) in [6.07, 6.45) is 6.53. The summed E-state index contributed by atoms with van der Waals surface area (Å²) < 4.78 is 0. The molecule has 0 aliphatic carbocycles. The van der Waals surface area contributed by atoms with Gasteiger partial charge in [0, 0.05) is 41.1 Å². The number of nitrogens with zero attached hydrogens (tertiary/aromatic N) is 3. The fraction of sp³-hybridized carbons (Fsp3) is 0. The Kier molecular flexibility index (Phi) is 2.88. The van der Waals surface area contributed by atoms with Gasteiger partial charge in [0.2, 0.25) is 0 Å². The van der Waals surface area contributed by atoms with E-state index in [4.69, 9.17) is 0 Å². The highest BCUT2D eigenvalue weighted by Crippen LogP contribution is 2.35. The Balaban J connectivity index is 2.16. The smallest absolute Gasteiger partial charge is 0.278 e. The first-order chi connectivity index (χ1) is 9.25. The molecule has 7 heteroatoms. The van der Waals surface area contributed by atoms with Gasteiger partial charge in [0.1, 0.15) is 0 Å². The number of pyridine rings is 1. The number of nitro benzene ring substituents is 1. The Morgan fingerprint density at radius 1 is 1.21 bits per heavy atom. The molecular weight excluding hydrogens is 264 g/mol. The highest BCUT2D eigenvalue weighted by Gasteiger charge is 2.15. The van der Waals surface area contributed by atoms with Gasteiger partial charge in [0.05, 0.1) is 10.3 Å². The molecule has 0 spiro atoms. The van der Waals surface area contributed by atoms with E-state index in [1.807, 2.05) is 0 Å². The lowest BCUT2D eigenvalue weighted by molar-refractivity contribution is -0.383. The van der Waals surface area contributed by atoms with Crippen LogP contribution < -0.4 is 0 Å². The van der Waals surface area contributed by atoms with E-state index >= 15 is 0 Å². The fourth-order valence-electron chi connectivity index (χ4n) is 1.81. The van der Waals surface area contributed by atoms with E-state index in [0.29, 0.717) is 5.39 Å². The first-order valence-electron chi connectivity index (χ1n) is 5.44. The summed E-state index contributed by atoms with van der Waals surface area (Å²) in [4.78, 5) is 22.6. The van der Waals surface area contributed by atoms with Crippen LogP contribution in [0.1, 0.15) is 0 Å². The summed E-state index contributed by atoms with van der Waals surface area (Å²) in [7, 11) is 0. The number of hydrogen-bond donors (Lipinski definition) is 1. The quantitative estimate of drug-likeness (QED) is 0.585. The predicted molar refractivity (Wildman–Crippen MR) is 71.1 cm³/mol. The zero-order chi connectivity index (χ0) is 13.2. The molecule has 6 nitrogen and oxygen atoms in total. The van der Waals surface area contributed by atoms with Crippen molar-refractivity contribution in [3.63, 3.8) is 0 Å². The average molecular weight is 272 g/mol. The van der Waals surface area contributed by atoms with E-state index in [9.17, 15) is 10.1 Å². The molecule has 0 saturated heterocycles. The Morgan fingerprint density at radius 3 is 2.84 bits per heavy atom. The number of fused-ring (bicyclic) bond motifs is 1. The first-order valence-corrected chi connectivity index (χ1v) is 6.26. The topological polar surface area (TPSA) is 84.7 Å². The number of nitrogens with one attached hydrogen (secondary N) is 1. The minimum Gasteiger partial charge on any atom is -0.339 e. The molecule has 0 atom stereocenters. The normalized spacial score (nSPS) is 10.7. The van der Waals surface area contributed by atoms with Gasteiger partial charge in [-0.25, -0.2) is 4.98 Å². The van der Waals surface area contributed by atoms with Gasteiger partial charge in [-0.2, -0.15) is 0 Å². The number of aromatic amines is 1. The molecule has 0 radical (unpaired) electrons. The predicted octanol–water partition coefficient (Wildman–Crippen LogP) is 3.02. The fourth-order valence-corrected chi connectivity index (χ4v) is 2.68. The monoisotopic (exact) mass is 272 g/mol. The maximum Gasteiger partial charge on any atom is 0.278 e. The molecule has 94 valence electrons. The second kappa shape index (κ2) is 4.69. The van der Waals surface area contributed by atoms with E-state index in [2.05, 4.69) is 15.0 Å². The molecule has 0 fully saturated rings. The number of nitro groups is 1. The lowest BCUT2D eigenvalue weighted by Gasteiger charge is -2.04. The van der Waals surface area contributed by atoms with Crippen molar-refractivity contribution in [2.75, 3.05) is 0 Å². The van der Waals surface area contributed by atoms with Gasteiger partial charge in [-0.15, -0.1) is 0 Å². The minimum atomic E-state index is -0.397. The van der Waals surface area contributed by atoms with Crippen molar-refractivity contribution in [3.8, 4) is 0 Å². The molecule has 0 amide bonds. The number of hydrogen-bond acceptors (Lipinski definition) is 5. The molecule has 3 aromatic rings. The van der Waals surface area contributed by atoms with Gasteiger partial charge in [0.15, 0.2) is 5.16 Å². The van der Waals surface area contributed by atoms with Gasteiger partial charge in [-0.3, -0.25) is 15.1 Å². The van der Waals surface area contributed by atoms with Crippen LogP contribution in [0.2, 0.25) is 0 Å². The average Bonchev–Trinajstić information content (AvgIpc) is 2.91. The lowest BCUT2D eigenvalue weighted by Crippen LogP contribution is -1.91. The van der Waals surface area contributed by atoms with Crippen LogP contribution in [-0.4, -0.2) is 19.9 Å². The molecular formula is C12H8N4O2S.